The fourth-order valence-corrected chi connectivity index (χ4v) is 2.01. The summed E-state index contributed by atoms with van der Waals surface area (Å²) in [5.41, 5.74) is 0.907. The van der Waals surface area contributed by atoms with Gasteiger partial charge in [0.2, 0.25) is 0 Å². The highest BCUT2D eigenvalue weighted by atomic mass is 35.5. The van der Waals surface area contributed by atoms with Crippen molar-refractivity contribution >= 4 is 23.3 Å². The van der Waals surface area contributed by atoms with E-state index >= 15 is 0 Å². The molecule has 0 aliphatic rings. The Balaban J connectivity index is 2.24. The molecule has 1 atom stereocenters. The van der Waals surface area contributed by atoms with Crippen molar-refractivity contribution in [1.82, 2.24) is 4.98 Å². The number of pyridine rings is 1. The van der Waals surface area contributed by atoms with Gasteiger partial charge in [0.1, 0.15) is 12.1 Å². The first-order valence-corrected chi connectivity index (χ1v) is 6.43. The number of halogens is 1. The number of carbonyl (C=O) groups is 1. The topological polar surface area (TPSA) is 93.3 Å². The van der Waals surface area contributed by atoms with Gasteiger partial charge in [-0.3, -0.25) is 19.9 Å². The van der Waals surface area contributed by atoms with Crippen molar-refractivity contribution < 1.29 is 14.8 Å². The minimum absolute atomic E-state index is 0.172. The quantitative estimate of drug-likeness (QED) is 0.677. The highest BCUT2D eigenvalue weighted by Crippen LogP contribution is 2.22. The molecule has 0 spiro atoms. The summed E-state index contributed by atoms with van der Waals surface area (Å²) in [5, 5.41) is 20.5. The Hall–Kier alpha value is -2.47. The SMILES string of the molecule is O=C(O)C(Cc1ccc(Cl)cc1)c1ccc([N+](=O)[O-])cn1. The highest BCUT2D eigenvalue weighted by molar-refractivity contribution is 6.30. The second kappa shape index (κ2) is 6.32. The lowest BCUT2D eigenvalue weighted by Gasteiger charge is -2.11. The third-order valence-electron chi connectivity index (χ3n) is 2.99. The van der Waals surface area contributed by atoms with Crippen LogP contribution in [0.5, 0.6) is 0 Å². The Morgan fingerprint density at radius 1 is 1.29 bits per heavy atom. The van der Waals surface area contributed by atoms with Crippen molar-refractivity contribution in [3.05, 3.63) is 69.0 Å². The second-order valence-corrected chi connectivity index (χ2v) is 4.86. The second-order valence-electron chi connectivity index (χ2n) is 4.42. The maximum absolute atomic E-state index is 11.4. The van der Waals surface area contributed by atoms with Crippen LogP contribution in [0.4, 0.5) is 5.69 Å². The molecule has 2 aromatic rings. The van der Waals surface area contributed by atoms with Gasteiger partial charge in [-0.1, -0.05) is 23.7 Å². The van der Waals surface area contributed by atoms with Crippen LogP contribution in [0, 0.1) is 10.1 Å². The maximum atomic E-state index is 11.4. The molecule has 6 nitrogen and oxygen atoms in total. The molecule has 0 saturated heterocycles. The van der Waals surface area contributed by atoms with Crippen LogP contribution in [-0.4, -0.2) is 21.0 Å². The lowest BCUT2D eigenvalue weighted by Crippen LogP contribution is -2.15. The molecule has 1 N–H and O–H groups in total. The Labute approximate surface area is 125 Å². The van der Waals surface area contributed by atoms with Gasteiger partial charge >= 0.3 is 5.97 Å². The van der Waals surface area contributed by atoms with Crippen molar-refractivity contribution in [1.29, 1.82) is 0 Å². The molecule has 0 aliphatic carbocycles. The van der Waals surface area contributed by atoms with Gasteiger partial charge in [-0.2, -0.15) is 0 Å². The van der Waals surface area contributed by atoms with E-state index in [9.17, 15) is 20.0 Å². The lowest BCUT2D eigenvalue weighted by atomic mass is 9.96. The van der Waals surface area contributed by atoms with Crippen LogP contribution in [0.25, 0.3) is 0 Å². The summed E-state index contributed by atoms with van der Waals surface area (Å²) in [4.78, 5) is 25.3. The zero-order valence-electron chi connectivity index (χ0n) is 10.8. The number of nitro groups is 1. The molecule has 1 heterocycles. The first-order valence-electron chi connectivity index (χ1n) is 6.05. The van der Waals surface area contributed by atoms with Crippen LogP contribution >= 0.6 is 11.6 Å². The van der Waals surface area contributed by atoms with Crippen molar-refractivity contribution in [2.75, 3.05) is 0 Å². The number of aliphatic carboxylic acids is 1. The lowest BCUT2D eigenvalue weighted by molar-refractivity contribution is -0.385. The normalized spacial score (nSPS) is 11.9. The molecule has 1 unspecified atom stereocenters. The van der Waals surface area contributed by atoms with Crippen LogP contribution in [-0.2, 0) is 11.2 Å². The fraction of sp³-hybridized carbons (Fsp3) is 0.143. The molecule has 0 bridgehead atoms. The van der Waals surface area contributed by atoms with Gasteiger partial charge in [-0.25, -0.2) is 0 Å². The van der Waals surface area contributed by atoms with Crippen LogP contribution in [0.1, 0.15) is 17.2 Å². The zero-order valence-corrected chi connectivity index (χ0v) is 11.5. The molecule has 0 amide bonds. The van der Waals surface area contributed by atoms with Crippen molar-refractivity contribution in [3.63, 3.8) is 0 Å². The van der Waals surface area contributed by atoms with Crippen LogP contribution in [0.15, 0.2) is 42.6 Å². The number of rotatable bonds is 5. The fourth-order valence-electron chi connectivity index (χ4n) is 1.89. The summed E-state index contributed by atoms with van der Waals surface area (Å²) in [7, 11) is 0. The predicted octanol–water partition coefficient (Wildman–Crippen LogP) is 3.05. The summed E-state index contributed by atoms with van der Waals surface area (Å²) in [6, 6.07) is 9.46. The van der Waals surface area contributed by atoms with E-state index in [1.807, 2.05) is 0 Å². The minimum atomic E-state index is -1.04. The number of benzene rings is 1. The average molecular weight is 307 g/mol. The van der Waals surface area contributed by atoms with Gasteiger partial charge in [0, 0.05) is 11.1 Å². The molecule has 0 radical (unpaired) electrons. The van der Waals surface area contributed by atoms with E-state index in [4.69, 9.17) is 11.6 Å². The smallest absolute Gasteiger partial charge is 0.312 e. The molecule has 7 heteroatoms. The van der Waals surface area contributed by atoms with E-state index in [0.717, 1.165) is 11.8 Å². The average Bonchev–Trinajstić information content (AvgIpc) is 2.46. The van der Waals surface area contributed by atoms with Crippen LogP contribution in [0.3, 0.4) is 0 Å². The molecular weight excluding hydrogens is 296 g/mol. The number of hydrogen-bond donors (Lipinski definition) is 1. The predicted molar refractivity (Wildman–Crippen MR) is 76.4 cm³/mol. The summed E-state index contributed by atoms with van der Waals surface area (Å²) in [5.74, 6) is -1.90. The van der Waals surface area contributed by atoms with Crippen LogP contribution < -0.4 is 0 Å². The van der Waals surface area contributed by atoms with Crippen LogP contribution in [0.2, 0.25) is 5.02 Å². The third-order valence-corrected chi connectivity index (χ3v) is 3.24. The highest BCUT2D eigenvalue weighted by Gasteiger charge is 2.22. The van der Waals surface area contributed by atoms with Gasteiger partial charge in [0.05, 0.1) is 10.6 Å². The Bertz CT molecular complexity index is 656. The summed E-state index contributed by atoms with van der Waals surface area (Å²) in [6.07, 6.45) is 1.30. The monoisotopic (exact) mass is 306 g/mol. The standard InChI is InChI=1S/C14H11ClN2O4/c15-10-3-1-9(2-4-10)7-12(14(18)19)13-6-5-11(8-16-13)17(20)21/h1-6,8,12H,7H2,(H,18,19). The van der Waals surface area contributed by atoms with Gasteiger partial charge in [0.15, 0.2) is 0 Å². The molecule has 21 heavy (non-hydrogen) atoms. The number of carboxylic acid groups (broad SMARTS) is 1. The Morgan fingerprint density at radius 3 is 2.43 bits per heavy atom. The first kappa shape index (κ1) is 14.9. The molecule has 1 aromatic heterocycles. The Morgan fingerprint density at radius 2 is 1.95 bits per heavy atom. The molecule has 0 aliphatic heterocycles. The summed E-state index contributed by atoms with van der Waals surface area (Å²) in [6.45, 7) is 0. The molecule has 108 valence electrons. The third kappa shape index (κ3) is 3.76. The minimum Gasteiger partial charge on any atom is -0.481 e. The molecule has 2 rings (SSSR count). The van der Waals surface area contributed by atoms with E-state index in [2.05, 4.69) is 4.98 Å². The molecule has 0 fully saturated rings. The van der Waals surface area contributed by atoms with E-state index in [1.165, 1.54) is 12.1 Å². The van der Waals surface area contributed by atoms with E-state index in [0.29, 0.717) is 5.02 Å². The van der Waals surface area contributed by atoms with Crippen molar-refractivity contribution in [2.45, 2.75) is 12.3 Å². The maximum Gasteiger partial charge on any atom is 0.312 e. The van der Waals surface area contributed by atoms with Gasteiger partial charge in [-0.05, 0) is 30.2 Å². The first-order chi connectivity index (χ1) is 9.97. The largest absolute Gasteiger partial charge is 0.481 e. The van der Waals surface area contributed by atoms with Gasteiger partial charge < -0.3 is 5.11 Å². The molecule has 0 saturated carbocycles. The number of aromatic nitrogens is 1. The number of hydrogen-bond acceptors (Lipinski definition) is 4. The van der Waals surface area contributed by atoms with E-state index in [-0.39, 0.29) is 17.8 Å². The van der Waals surface area contributed by atoms with Crippen molar-refractivity contribution in [3.8, 4) is 0 Å². The Kier molecular flexibility index (Phi) is 4.49. The molecular formula is C14H11ClN2O4. The van der Waals surface area contributed by atoms with E-state index in [1.54, 1.807) is 24.3 Å². The summed E-state index contributed by atoms with van der Waals surface area (Å²) < 4.78 is 0. The van der Waals surface area contributed by atoms with Gasteiger partial charge in [0.25, 0.3) is 5.69 Å². The van der Waals surface area contributed by atoms with Crippen molar-refractivity contribution in [2.24, 2.45) is 0 Å². The summed E-state index contributed by atoms with van der Waals surface area (Å²) >= 11 is 5.78. The number of nitrogens with zero attached hydrogens (tertiary/aromatic N) is 2. The van der Waals surface area contributed by atoms with Gasteiger partial charge in [-0.15, -0.1) is 0 Å². The van der Waals surface area contributed by atoms with E-state index < -0.39 is 16.8 Å². The molecule has 1 aromatic carbocycles. The number of carboxylic acids is 1. The zero-order chi connectivity index (χ0) is 15.4.